The number of halogens is 1. The van der Waals surface area contributed by atoms with E-state index in [9.17, 15) is 4.79 Å². The quantitative estimate of drug-likeness (QED) is 0.657. The van der Waals surface area contributed by atoms with Crippen LogP contribution < -0.4 is 14.8 Å². The molecule has 0 saturated heterocycles. The molecule has 1 N–H and O–H groups in total. The second kappa shape index (κ2) is 10.5. The summed E-state index contributed by atoms with van der Waals surface area (Å²) in [7, 11) is 0. The number of rotatable bonds is 8. The number of carbonyl (C=O) groups excluding carboxylic acids is 1. The van der Waals surface area contributed by atoms with Gasteiger partial charge >= 0.3 is 0 Å². The number of hydrogen-bond donors (Lipinski definition) is 1. The molecule has 6 heteroatoms. The van der Waals surface area contributed by atoms with Gasteiger partial charge < -0.3 is 14.8 Å². The summed E-state index contributed by atoms with van der Waals surface area (Å²) >= 11 is 7.87. The Bertz CT molecular complexity index is 755. The van der Waals surface area contributed by atoms with Gasteiger partial charge in [-0.25, -0.2) is 0 Å². The molecule has 0 bridgehead atoms. The predicted octanol–water partition coefficient (Wildman–Crippen LogP) is 4.48. The molecule has 0 aromatic heterocycles. The lowest BCUT2D eigenvalue weighted by molar-refractivity contribution is -0.118. The lowest BCUT2D eigenvalue weighted by atomic mass is 10.1. The number of benzene rings is 2. The molecule has 0 spiro atoms. The standard InChI is InChI=1S/C21H24ClNO3S/c22-18-12-17(13-19-21(18)26-11-5-10-25-19)14-27-15-20(24)23-9-4-8-16-6-2-1-3-7-16/h1-3,6-7,12-13H,4-5,8-11,14-15H2,(H,23,24). The molecule has 27 heavy (non-hydrogen) atoms. The maximum atomic E-state index is 12.0. The summed E-state index contributed by atoms with van der Waals surface area (Å²) in [5, 5.41) is 3.54. The van der Waals surface area contributed by atoms with Crippen molar-refractivity contribution in [1.29, 1.82) is 0 Å². The third kappa shape index (κ3) is 6.36. The van der Waals surface area contributed by atoms with Crippen LogP contribution in [0.25, 0.3) is 0 Å². The Kier molecular flexibility index (Phi) is 7.72. The van der Waals surface area contributed by atoms with Crippen molar-refractivity contribution >= 4 is 29.3 Å². The third-order valence-electron chi connectivity index (χ3n) is 4.17. The number of amides is 1. The van der Waals surface area contributed by atoms with Gasteiger partial charge in [0.05, 0.1) is 24.0 Å². The first-order valence-electron chi connectivity index (χ1n) is 9.19. The van der Waals surface area contributed by atoms with Crippen LogP contribution in [0.1, 0.15) is 24.0 Å². The Morgan fingerprint density at radius 1 is 1.11 bits per heavy atom. The van der Waals surface area contributed by atoms with Crippen molar-refractivity contribution < 1.29 is 14.3 Å². The van der Waals surface area contributed by atoms with Crippen LogP contribution in [0, 0.1) is 0 Å². The van der Waals surface area contributed by atoms with E-state index < -0.39 is 0 Å². The zero-order valence-electron chi connectivity index (χ0n) is 15.2. The van der Waals surface area contributed by atoms with Crippen molar-refractivity contribution in [2.75, 3.05) is 25.5 Å². The van der Waals surface area contributed by atoms with E-state index in [-0.39, 0.29) is 5.91 Å². The smallest absolute Gasteiger partial charge is 0.230 e. The molecule has 4 nitrogen and oxygen atoms in total. The lowest BCUT2D eigenvalue weighted by Gasteiger charge is -2.11. The van der Waals surface area contributed by atoms with Crippen LogP contribution in [0.3, 0.4) is 0 Å². The Morgan fingerprint density at radius 3 is 2.78 bits per heavy atom. The summed E-state index contributed by atoms with van der Waals surface area (Å²) in [5.74, 6) is 2.51. The number of carbonyl (C=O) groups is 1. The first-order valence-corrected chi connectivity index (χ1v) is 10.7. The Morgan fingerprint density at radius 2 is 1.93 bits per heavy atom. The molecule has 0 radical (unpaired) electrons. The second-order valence-electron chi connectivity index (χ2n) is 6.39. The fourth-order valence-corrected chi connectivity index (χ4v) is 3.92. The molecule has 0 unspecified atom stereocenters. The average Bonchev–Trinajstić information content (AvgIpc) is 2.92. The maximum Gasteiger partial charge on any atom is 0.230 e. The van der Waals surface area contributed by atoms with E-state index in [0.29, 0.717) is 47.8 Å². The Labute approximate surface area is 169 Å². The monoisotopic (exact) mass is 405 g/mol. The first-order chi connectivity index (χ1) is 13.2. The van der Waals surface area contributed by atoms with Gasteiger partial charge in [0.2, 0.25) is 5.91 Å². The summed E-state index contributed by atoms with van der Waals surface area (Å²) in [4.78, 5) is 12.0. The van der Waals surface area contributed by atoms with Crippen LogP contribution in [0.15, 0.2) is 42.5 Å². The average molecular weight is 406 g/mol. The normalized spacial score (nSPS) is 13.1. The van der Waals surface area contributed by atoms with E-state index in [1.165, 1.54) is 5.56 Å². The van der Waals surface area contributed by atoms with Crippen LogP contribution in [-0.4, -0.2) is 31.4 Å². The highest BCUT2D eigenvalue weighted by Gasteiger charge is 2.15. The number of hydrogen-bond acceptors (Lipinski definition) is 4. The van der Waals surface area contributed by atoms with Crippen molar-refractivity contribution in [3.05, 3.63) is 58.6 Å². The molecule has 1 aliphatic heterocycles. The molecular weight excluding hydrogens is 382 g/mol. The van der Waals surface area contributed by atoms with Crippen LogP contribution >= 0.6 is 23.4 Å². The summed E-state index contributed by atoms with van der Waals surface area (Å²) in [6.45, 7) is 1.95. The summed E-state index contributed by atoms with van der Waals surface area (Å²) in [6.07, 6.45) is 2.77. The van der Waals surface area contributed by atoms with Crippen LogP contribution in [-0.2, 0) is 17.0 Å². The number of fused-ring (bicyclic) bond motifs is 1. The van der Waals surface area contributed by atoms with Gasteiger partial charge in [-0.2, -0.15) is 0 Å². The number of ether oxygens (including phenoxy) is 2. The lowest BCUT2D eigenvalue weighted by Crippen LogP contribution is -2.26. The van der Waals surface area contributed by atoms with Crippen molar-refractivity contribution in [3.63, 3.8) is 0 Å². The number of nitrogens with one attached hydrogen (secondary N) is 1. The van der Waals surface area contributed by atoms with Crippen molar-refractivity contribution in [3.8, 4) is 11.5 Å². The zero-order chi connectivity index (χ0) is 18.9. The van der Waals surface area contributed by atoms with Crippen LogP contribution in [0.4, 0.5) is 0 Å². The molecule has 0 atom stereocenters. The van der Waals surface area contributed by atoms with Gasteiger partial charge in [-0.3, -0.25) is 4.79 Å². The highest BCUT2D eigenvalue weighted by molar-refractivity contribution is 7.99. The largest absolute Gasteiger partial charge is 0.489 e. The fourth-order valence-electron chi connectivity index (χ4n) is 2.85. The predicted molar refractivity (Wildman–Crippen MR) is 111 cm³/mol. The third-order valence-corrected chi connectivity index (χ3v) is 5.46. The summed E-state index contributed by atoms with van der Waals surface area (Å²) in [5.41, 5.74) is 2.33. The molecule has 1 heterocycles. The minimum Gasteiger partial charge on any atom is -0.489 e. The number of aryl methyl sites for hydroxylation is 1. The van der Waals surface area contributed by atoms with Gasteiger partial charge in [0.25, 0.3) is 0 Å². The van der Waals surface area contributed by atoms with Gasteiger partial charge in [-0.15, -0.1) is 11.8 Å². The molecule has 1 amide bonds. The van der Waals surface area contributed by atoms with Crippen molar-refractivity contribution in [2.24, 2.45) is 0 Å². The molecule has 2 aromatic rings. The van der Waals surface area contributed by atoms with Crippen molar-refractivity contribution in [2.45, 2.75) is 25.0 Å². The topological polar surface area (TPSA) is 47.6 Å². The SMILES string of the molecule is O=C(CSCc1cc(Cl)c2c(c1)OCCCO2)NCCCc1ccccc1. The van der Waals surface area contributed by atoms with E-state index in [1.807, 2.05) is 30.3 Å². The first kappa shape index (κ1) is 19.9. The fraction of sp³-hybridized carbons (Fsp3) is 0.381. The van der Waals surface area contributed by atoms with Crippen molar-refractivity contribution in [1.82, 2.24) is 5.32 Å². The summed E-state index contributed by atoms with van der Waals surface area (Å²) < 4.78 is 11.3. The van der Waals surface area contributed by atoms with Gasteiger partial charge in [-0.05, 0) is 36.1 Å². The van der Waals surface area contributed by atoms with E-state index in [1.54, 1.807) is 11.8 Å². The molecular formula is C21H24ClNO3S. The summed E-state index contributed by atoms with van der Waals surface area (Å²) in [6, 6.07) is 14.2. The Balaban J connectivity index is 1.37. The minimum absolute atomic E-state index is 0.0634. The molecule has 2 aromatic carbocycles. The van der Waals surface area contributed by atoms with E-state index >= 15 is 0 Å². The molecule has 1 aliphatic rings. The molecule has 0 saturated carbocycles. The molecule has 3 rings (SSSR count). The molecule has 144 valence electrons. The maximum absolute atomic E-state index is 12.0. The highest BCUT2D eigenvalue weighted by atomic mass is 35.5. The van der Waals surface area contributed by atoms with Gasteiger partial charge in [0, 0.05) is 18.7 Å². The van der Waals surface area contributed by atoms with E-state index in [4.69, 9.17) is 21.1 Å². The van der Waals surface area contributed by atoms with Crippen LogP contribution in [0.5, 0.6) is 11.5 Å². The highest BCUT2D eigenvalue weighted by Crippen LogP contribution is 2.38. The number of thioether (sulfide) groups is 1. The zero-order valence-corrected chi connectivity index (χ0v) is 16.8. The van der Waals surface area contributed by atoms with E-state index in [2.05, 4.69) is 17.4 Å². The van der Waals surface area contributed by atoms with Gasteiger partial charge in [0.15, 0.2) is 11.5 Å². The molecule has 0 fully saturated rings. The Hall–Kier alpha value is -1.85. The van der Waals surface area contributed by atoms with E-state index in [0.717, 1.165) is 24.8 Å². The van der Waals surface area contributed by atoms with Gasteiger partial charge in [-0.1, -0.05) is 41.9 Å². The second-order valence-corrected chi connectivity index (χ2v) is 7.78. The van der Waals surface area contributed by atoms with Gasteiger partial charge in [0.1, 0.15) is 0 Å². The minimum atomic E-state index is 0.0634. The van der Waals surface area contributed by atoms with Crippen LogP contribution in [0.2, 0.25) is 5.02 Å². The molecule has 0 aliphatic carbocycles.